The topological polar surface area (TPSA) is 59.1 Å². The van der Waals surface area contributed by atoms with Crippen LogP contribution in [-0.2, 0) is 20.5 Å². The number of alkyl halides is 3. The van der Waals surface area contributed by atoms with Gasteiger partial charge in [-0.1, -0.05) is 12.1 Å². The highest BCUT2D eigenvalue weighted by Gasteiger charge is 2.31. The number of nitrogens with zero attached hydrogens (tertiary/aromatic N) is 2. The molecule has 0 bridgehead atoms. The largest absolute Gasteiger partial charge is 0.482 e. The Labute approximate surface area is 184 Å². The molecule has 9 heteroatoms. The van der Waals surface area contributed by atoms with Gasteiger partial charge in [-0.2, -0.15) is 13.2 Å². The van der Waals surface area contributed by atoms with Crippen molar-refractivity contribution in [3.05, 3.63) is 59.2 Å². The summed E-state index contributed by atoms with van der Waals surface area (Å²) in [7, 11) is 0. The highest BCUT2D eigenvalue weighted by atomic mass is 19.4. The zero-order chi connectivity index (χ0) is 23.3. The number of piperazine rings is 1. The van der Waals surface area contributed by atoms with Crippen molar-refractivity contribution < 1.29 is 32.2 Å². The summed E-state index contributed by atoms with van der Waals surface area (Å²) in [5.41, 5.74) is 1.90. The molecule has 1 fully saturated rings. The third-order valence-corrected chi connectivity index (χ3v) is 5.36. The number of hydrogen-bond acceptors (Lipinski definition) is 5. The van der Waals surface area contributed by atoms with E-state index in [1.807, 2.05) is 26.0 Å². The lowest BCUT2D eigenvalue weighted by Crippen LogP contribution is -2.50. The minimum Gasteiger partial charge on any atom is -0.482 e. The van der Waals surface area contributed by atoms with Crippen LogP contribution in [0.3, 0.4) is 0 Å². The number of rotatable bonds is 6. The molecule has 6 nitrogen and oxygen atoms in total. The van der Waals surface area contributed by atoms with Gasteiger partial charge in [0.05, 0.1) is 5.56 Å². The van der Waals surface area contributed by atoms with Crippen LogP contribution in [0.5, 0.6) is 5.75 Å². The molecule has 0 N–H and O–H groups in total. The van der Waals surface area contributed by atoms with Crippen molar-refractivity contribution in [3.63, 3.8) is 0 Å². The molecule has 1 aliphatic heterocycles. The van der Waals surface area contributed by atoms with Gasteiger partial charge >= 0.3 is 12.1 Å². The summed E-state index contributed by atoms with van der Waals surface area (Å²) in [6, 6.07) is 10.6. The third-order valence-electron chi connectivity index (χ3n) is 5.36. The summed E-state index contributed by atoms with van der Waals surface area (Å²) in [6.07, 6.45) is -4.40. The number of carbonyl (C=O) groups is 2. The molecular weight excluding hydrogens is 425 g/mol. The van der Waals surface area contributed by atoms with Crippen LogP contribution >= 0.6 is 0 Å². The summed E-state index contributed by atoms with van der Waals surface area (Å²) in [6.45, 7) is 4.62. The van der Waals surface area contributed by atoms with Crippen LogP contribution in [0.1, 0.15) is 16.7 Å². The molecule has 0 saturated carbocycles. The maximum atomic E-state index is 12.9. The highest BCUT2D eigenvalue weighted by molar-refractivity contribution is 5.81. The zero-order valence-electron chi connectivity index (χ0n) is 17.9. The van der Waals surface area contributed by atoms with E-state index in [-0.39, 0.29) is 12.5 Å². The average molecular weight is 450 g/mol. The molecule has 0 unspecified atom stereocenters. The van der Waals surface area contributed by atoms with Crippen molar-refractivity contribution in [3.8, 4) is 5.75 Å². The minimum atomic E-state index is -4.40. The number of anilines is 1. The molecule has 0 radical (unpaired) electrons. The van der Waals surface area contributed by atoms with Gasteiger partial charge < -0.3 is 19.3 Å². The number of esters is 1. The van der Waals surface area contributed by atoms with Crippen molar-refractivity contribution >= 4 is 17.6 Å². The number of halogens is 3. The van der Waals surface area contributed by atoms with Gasteiger partial charge in [-0.3, -0.25) is 4.79 Å². The second-order valence-electron chi connectivity index (χ2n) is 7.61. The van der Waals surface area contributed by atoms with E-state index in [0.29, 0.717) is 37.6 Å². The molecule has 2 aromatic rings. The molecule has 0 spiro atoms. The Hall–Kier alpha value is -3.23. The van der Waals surface area contributed by atoms with E-state index in [9.17, 15) is 22.8 Å². The summed E-state index contributed by atoms with van der Waals surface area (Å²) >= 11 is 0. The Morgan fingerprint density at radius 1 is 0.938 bits per heavy atom. The fraction of sp³-hybridized carbons (Fsp3) is 0.391. The van der Waals surface area contributed by atoms with E-state index < -0.39 is 24.3 Å². The van der Waals surface area contributed by atoms with Crippen LogP contribution in [-0.4, -0.2) is 56.2 Å². The van der Waals surface area contributed by atoms with Gasteiger partial charge in [-0.15, -0.1) is 0 Å². The molecule has 172 valence electrons. The van der Waals surface area contributed by atoms with E-state index in [2.05, 4.69) is 0 Å². The van der Waals surface area contributed by atoms with Gasteiger partial charge in [-0.25, -0.2) is 4.79 Å². The lowest BCUT2D eigenvalue weighted by atomic mass is 10.1. The van der Waals surface area contributed by atoms with E-state index >= 15 is 0 Å². The molecule has 0 atom stereocenters. The maximum absolute atomic E-state index is 12.9. The van der Waals surface area contributed by atoms with Crippen molar-refractivity contribution in [1.29, 1.82) is 0 Å². The summed E-state index contributed by atoms with van der Waals surface area (Å²) in [4.78, 5) is 27.5. The first-order valence-corrected chi connectivity index (χ1v) is 10.2. The molecule has 3 rings (SSSR count). The van der Waals surface area contributed by atoms with Crippen LogP contribution in [0.4, 0.5) is 18.9 Å². The Bertz CT molecular complexity index is 970. The minimum absolute atomic E-state index is 0.306. The Morgan fingerprint density at radius 3 is 2.31 bits per heavy atom. The highest BCUT2D eigenvalue weighted by Crippen LogP contribution is 2.31. The number of aryl methyl sites for hydroxylation is 2. The predicted molar refractivity (Wildman–Crippen MR) is 113 cm³/mol. The molecule has 0 aliphatic carbocycles. The van der Waals surface area contributed by atoms with Gasteiger partial charge in [0.2, 0.25) is 0 Å². The van der Waals surface area contributed by atoms with Crippen molar-refractivity contribution in [1.82, 2.24) is 4.90 Å². The Balaban J connectivity index is 1.42. The quantitative estimate of drug-likeness (QED) is 0.630. The predicted octanol–water partition coefficient (Wildman–Crippen LogP) is 3.59. The van der Waals surface area contributed by atoms with Gasteiger partial charge in [0, 0.05) is 31.9 Å². The molecule has 2 aromatic carbocycles. The molecule has 1 heterocycles. The van der Waals surface area contributed by atoms with Crippen molar-refractivity contribution in [2.75, 3.05) is 44.3 Å². The Kier molecular flexibility index (Phi) is 7.27. The normalized spacial score (nSPS) is 14.3. The number of hydrogen-bond donors (Lipinski definition) is 0. The van der Waals surface area contributed by atoms with Gasteiger partial charge in [-0.05, 0) is 55.3 Å². The van der Waals surface area contributed by atoms with Crippen LogP contribution in [0, 0.1) is 13.8 Å². The SMILES string of the molecule is Cc1ccc(OCC(=O)OCC(=O)N2CCN(c3cccc(C(F)(F)F)c3)CC2)cc1C. The monoisotopic (exact) mass is 450 g/mol. The second-order valence-corrected chi connectivity index (χ2v) is 7.61. The van der Waals surface area contributed by atoms with E-state index in [0.717, 1.165) is 23.3 Å². The molecule has 1 saturated heterocycles. The number of ether oxygens (including phenoxy) is 2. The first-order valence-electron chi connectivity index (χ1n) is 10.2. The van der Waals surface area contributed by atoms with Crippen molar-refractivity contribution in [2.24, 2.45) is 0 Å². The lowest BCUT2D eigenvalue weighted by Gasteiger charge is -2.36. The van der Waals surface area contributed by atoms with Crippen LogP contribution < -0.4 is 9.64 Å². The maximum Gasteiger partial charge on any atom is 0.416 e. The molecule has 1 amide bonds. The number of amides is 1. The van der Waals surface area contributed by atoms with E-state index in [4.69, 9.17) is 9.47 Å². The Morgan fingerprint density at radius 2 is 1.66 bits per heavy atom. The molecule has 1 aliphatic rings. The third kappa shape index (κ3) is 6.15. The second kappa shape index (κ2) is 9.93. The van der Waals surface area contributed by atoms with Crippen LogP contribution in [0.15, 0.2) is 42.5 Å². The zero-order valence-corrected chi connectivity index (χ0v) is 17.9. The standard InChI is InChI=1S/C23H25F3N2O4/c1-16-6-7-20(12-17(16)2)31-15-22(30)32-14-21(29)28-10-8-27(9-11-28)19-5-3-4-18(13-19)23(24,25)26/h3-7,12-13H,8-11,14-15H2,1-2H3. The number of benzene rings is 2. The van der Waals surface area contributed by atoms with Gasteiger partial charge in [0.25, 0.3) is 5.91 Å². The molecule has 32 heavy (non-hydrogen) atoms. The summed E-state index contributed by atoms with van der Waals surface area (Å²) < 4.78 is 49.1. The average Bonchev–Trinajstić information content (AvgIpc) is 2.78. The fourth-order valence-corrected chi connectivity index (χ4v) is 3.31. The summed E-state index contributed by atoms with van der Waals surface area (Å²) in [5.74, 6) is -0.463. The van der Waals surface area contributed by atoms with Gasteiger partial charge in [0.1, 0.15) is 5.75 Å². The first-order chi connectivity index (χ1) is 15.1. The number of carbonyl (C=O) groups excluding carboxylic acids is 2. The fourth-order valence-electron chi connectivity index (χ4n) is 3.31. The smallest absolute Gasteiger partial charge is 0.416 e. The van der Waals surface area contributed by atoms with E-state index in [1.165, 1.54) is 11.0 Å². The molecule has 0 aromatic heterocycles. The lowest BCUT2D eigenvalue weighted by molar-refractivity contribution is -0.153. The van der Waals surface area contributed by atoms with Crippen molar-refractivity contribution in [2.45, 2.75) is 20.0 Å². The molecular formula is C23H25F3N2O4. The summed E-state index contributed by atoms with van der Waals surface area (Å²) in [5, 5.41) is 0. The van der Waals surface area contributed by atoms with E-state index in [1.54, 1.807) is 17.0 Å². The van der Waals surface area contributed by atoms with Gasteiger partial charge in [0.15, 0.2) is 13.2 Å². The van der Waals surface area contributed by atoms with Crippen LogP contribution in [0.25, 0.3) is 0 Å². The first kappa shape index (κ1) is 23.4. The van der Waals surface area contributed by atoms with Crippen LogP contribution in [0.2, 0.25) is 0 Å².